The molecule has 2 aromatic rings. The molecule has 0 bridgehead atoms. The van der Waals surface area contributed by atoms with Crippen molar-refractivity contribution in [3.63, 3.8) is 0 Å². The van der Waals surface area contributed by atoms with E-state index in [9.17, 15) is 0 Å². The monoisotopic (exact) mass is 425 g/mol. The van der Waals surface area contributed by atoms with E-state index in [0.717, 1.165) is 0 Å². The van der Waals surface area contributed by atoms with E-state index in [4.69, 9.17) is 0 Å². The average molecular weight is 424 g/mol. The zero-order valence-electron chi connectivity index (χ0n) is 14.5. The van der Waals surface area contributed by atoms with Gasteiger partial charge in [0.2, 0.25) is 0 Å². The normalized spacial score (nSPS) is 12.1. The van der Waals surface area contributed by atoms with Crippen LogP contribution in [0, 0.1) is 0 Å². The van der Waals surface area contributed by atoms with E-state index in [1.165, 1.54) is 48.7 Å². The van der Waals surface area contributed by atoms with E-state index < -0.39 is 18.4 Å². The van der Waals surface area contributed by atoms with Gasteiger partial charge < -0.3 is 0 Å². The molecule has 0 unspecified atom stereocenters. The first-order valence-electron chi connectivity index (χ1n) is 9.10. The van der Waals surface area contributed by atoms with Gasteiger partial charge in [0.05, 0.1) is 0 Å². The SMILES string of the molecule is CCC[CH2][Sn]([CH2]CCC)([CH2]CCC)[c]1csc2ncccc12. The molecule has 0 radical (unpaired) electrons. The second-order valence-electron chi connectivity index (χ2n) is 6.60. The molecule has 0 aromatic carbocycles. The Morgan fingerprint density at radius 1 is 0.955 bits per heavy atom. The minimum atomic E-state index is -2.27. The number of fused-ring (bicyclic) bond motifs is 1. The third-order valence-electron chi connectivity index (χ3n) is 4.95. The molecule has 0 fully saturated rings. The van der Waals surface area contributed by atoms with Crippen molar-refractivity contribution in [1.82, 2.24) is 4.98 Å². The van der Waals surface area contributed by atoms with Crippen LogP contribution in [-0.2, 0) is 0 Å². The molecule has 0 atom stereocenters. The van der Waals surface area contributed by atoms with E-state index in [2.05, 4.69) is 43.3 Å². The van der Waals surface area contributed by atoms with Crippen molar-refractivity contribution in [2.45, 2.75) is 72.6 Å². The van der Waals surface area contributed by atoms with Gasteiger partial charge in [-0.2, -0.15) is 0 Å². The number of aromatic nitrogens is 1. The topological polar surface area (TPSA) is 12.9 Å². The van der Waals surface area contributed by atoms with E-state index in [0.29, 0.717) is 0 Å². The Morgan fingerprint density at radius 2 is 1.55 bits per heavy atom. The first-order chi connectivity index (χ1) is 10.8. The summed E-state index contributed by atoms with van der Waals surface area (Å²) in [6, 6.07) is 4.47. The van der Waals surface area contributed by atoms with Gasteiger partial charge >= 0.3 is 145 Å². The number of hydrogen-bond acceptors (Lipinski definition) is 2. The summed E-state index contributed by atoms with van der Waals surface area (Å²) in [7, 11) is 0. The van der Waals surface area contributed by atoms with E-state index in [1.807, 2.05) is 17.5 Å². The minimum absolute atomic E-state index is 1.27. The van der Waals surface area contributed by atoms with Crippen molar-refractivity contribution in [1.29, 1.82) is 0 Å². The van der Waals surface area contributed by atoms with Gasteiger partial charge in [-0.15, -0.1) is 0 Å². The quantitative estimate of drug-likeness (QED) is 0.405. The molecule has 0 aliphatic carbocycles. The predicted octanol–water partition coefficient (Wildman–Crippen LogP) is 6.35. The molecular formula is C19H31NSSn. The maximum atomic E-state index is 4.61. The van der Waals surface area contributed by atoms with Crippen LogP contribution in [0.15, 0.2) is 23.7 Å². The fraction of sp³-hybridized carbons (Fsp3) is 0.632. The molecule has 22 heavy (non-hydrogen) atoms. The number of thiophene rings is 1. The van der Waals surface area contributed by atoms with Crippen molar-refractivity contribution < 1.29 is 0 Å². The Kier molecular flexibility index (Phi) is 7.69. The number of unbranched alkanes of at least 4 members (excludes halogenated alkanes) is 3. The van der Waals surface area contributed by atoms with Crippen LogP contribution in [0.5, 0.6) is 0 Å². The average Bonchev–Trinajstić information content (AvgIpc) is 2.99. The van der Waals surface area contributed by atoms with Gasteiger partial charge in [-0.1, -0.05) is 0 Å². The Labute approximate surface area is 144 Å². The number of hydrogen-bond donors (Lipinski definition) is 0. The van der Waals surface area contributed by atoms with Gasteiger partial charge in [0.25, 0.3) is 0 Å². The van der Waals surface area contributed by atoms with Gasteiger partial charge in [-0.05, 0) is 0 Å². The first-order valence-corrected chi connectivity index (χ1v) is 17.5. The molecule has 1 nitrogen and oxygen atoms in total. The standard InChI is InChI=1S/C7H4NS.3C4H9.Sn/c1-2-6-3-5-9-7(6)8-4-1;3*1-3-4-2;/h1-2,4-5H;3*1,3-4H2,2H3;. The van der Waals surface area contributed by atoms with Gasteiger partial charge in [0.15, 0.2) is 0 Å². The number of nitrogens with zero attached hydrogens (tertiary/aromatic N) is 1. The summed E-state index contributed by atoms with van der Waals surface area (Å²) in [5, 5.41) is 4.01. The van der Waals surface area contributed by atoms with Crippen LogP contribution >= 0.6 is 11.3 Å². The second-order valence-corrected chi connectivity index (χ2v) is 20.6. The predicted molar refractivity (Wildman–Crippen MR) is 104 cm³/mol. The summed E-state index contributed by atoms with van der Waals surface area (Å²) >= 11 is -0.392. The van der Waals surface area contributed by atoms with Crippen LogP contribution < -0.4 is 3.58 Å². The second kappa shape index (κ2) is 9.26. The molecule has 2 aromatic heterocycles. The Balaban J connectivity index is 2.42. The van der Waals surface area contributed by atoms with E-state index in [-0.39, 0.29) is 0 Å². The molecule has 2 heterocycles. The Bertz CT molecular complexity index is 542. The molecule has 0 saturated heterocycles. The summed E-state index contributed by atoms with van der Waals surface area (Å²) in [5.41, 5.74) is 0. The van der Waals surface area contributed by atoms with Gasteiger partial charge in [0, 0.05) is 0 Å². The van der Waals surface area contributed by atoms with Crippen LogP contribution in [-0.4, -0.2) is 23.4 Å². The fourth-order valence-electron chi connectivity index (χ4n) is 3.60. The molecule has 3 heteroatoms. The molecule has 0 N–H and O–H groups in total. The summed E-state index contributed by atoms with van der Waals surface area (Å²) < 4.78 is 6.45. The summed E-state index contributed by atoms with van der Waals surface area (Å²) in [4.78, 5) is 5.88. The molecule has 0 aliphatic heterocycles. The van der Waals surface area contributed by atoms with Gasteiger partial charge in [0.1, 0.15) is 0 Å². The number of rotatable bonds is 10. The zero-order valence-corrected chi connectivity index (χ0v) is 18.2. The van der Waals surface area contributed by atoms with Crippen LogP contribution in [0.2, 0.25) is 13.3 Å². The Morgan fingerprint density at radius 3 is 2.09 bits per heavy atom. The molecule has 2 rings (SSSR count). The van der Waals surface area contributed by atoms with Gasteiger partial charge in [-0.3, -0.25) is 0 Å². The number of pyridine rings is 1. The molecule has 0 spiro atoms. The van der Waals surface area contributed by atoms with E-state index >= 15 is 0 Å². The molecular weight excluding hydrogens is 393 g/mol. The molecule has 122 valence electrons. The molecule has 0 aliphatic rings. The van der Waals surface area contributed by atoms with Crippen molar-refractivity contribution in [3.05, 3.63) is 23.7 Å². The first kappa shape index (κ1) is 18.3. The molecule has 0 saturated carbocycles. The van der Waals surface area contributed by atoms with E-state index in [1.54, 1.807) is 16.9 Å². The fourth-order valence-corrected chi connectivity index (χ4v) is 23.0. The zero-order chi connectivity index (χ0) is 15.8. The van der Waals surface area contributed by atoms with Crippen LogP contribution in [0.3, 0.4) is 0 Å². The van der Waals surface area contributed by atoms with Crippen molar-refractivity contribution >= 4 is 43.5 Å². The van der Waals surface area contributed by atoms with Crippen LogP contribution in [0.25, 0.3) is 10.2 Å². The maximum absolute atomic E-state index is 4.61. The summed E-state index contributed by atoms with van der Waals surface area (Å²) in [6.45, 7) is 7.05. The van der Waals surface area contributed by atoms with Crippen LogP contribution in [0.1, 0.15) is 59.3 Å². The van der Waals surface area contributed by atoms with Crippen molar-refractivity contribution in [2.75, 3.05) is 0 Å². The van der Waals surface area contributed by atoms with Gasteiger partial charge in [-0.25, -0.2) is 0 Å². The third-order valence-corrected chi connectivity index (χ3v) is 22.1. The van der Waals surface area contributed by atoms with Crippen molar-refractivity contribution in [2.24, 2.45) is 0 Å². The van der Waals surface area contributed by atoms with Crippen LogP contribution in [0.4, 0.5) is 0 Å². The summed E-state index contributed by atoms with van der Waals surface area (Å²) in [6.07, 6.45) is 10.3. The third kappa shape index (κ3) is 4.25. The van der Waals surface area contributed by atoms with Crippen molar-refractivity contribution in [3.8, 4) is 0 Å². The summed E-state index contributed by atoms with van der Waals surface area (Å²) in [5.74, 6) is 0. The Hall–Kier alpha value is -0.0913. The molecule has 0 amide bonds.